The molecule has 0 atom stereocenters. The molecule has 1 aromatic carbocycles. The van der Waals surface area contributed by atoms with Crippen LogP contribution >= 0.6 is 0 Å². The molecule has 0 unspecified atom stereocenters. The van der Waals surface area contributed by atoms with Crippen LogP contribution in [-0.2, 0) is 16.1 Å². The summed E-state index contributed by atoms with van der Waals surface area (Å²) >= 11 is 0. The van der Waals surface area contributed by atoms with Crippen LogP contribution in [0.5, 0.6) is 0 Å². The van der Waals surface area contributed by atoms with Crippen LogP contribution in [0.4, 0.5) is 0 Å². The molecule has 0 bridgehead atoms. The van der Waals surface area contributed by atoms with E-state index in [1.165, 1.54) is 4.57 Å². The van der Waals surface area contributed by atoms with Crippen molar-refractivity contribution in [3.8, 4) is 0 Å². The van der Waals surface area contributed by atoms with Gasteiger partial charge in [-0.15, -0.1) is 0 Å². The van der Waals surface area contributed by atoms with Gasteiger partial charge in [-0.25, -0.2) is 9.59 Å². The molecule has 18 heavy (non-hydrogen) atoms. The summed E-state index contributed by atoms with van der Waals surface area (Å²) in [7, 11) is 0. The van der Waals surface area contributed by atoms with Gasteiger partial charge in [-0.3, -0.25) is 4.57 Å². The number of oxazole rings is 1. The number of carbonyl (C=O) groups is 1. The lowest BCUT2D eigenvalue weighted by Crippen LogP contribution is -2.19. The van der Waals surface area contributed by atoms with Gasteiger partial charge in [-0.05, 0) is 19.1 Å². The molecule has 0 aliphatic rings. The van der Waals surface area contributed by atoms with Crippen molar-refractivity contribution in [1.82, 2.24) is 4.57 Å². The van der Waals surface area contributed by atoms with Crippen LogP contribution in [0.15, 0.2) is 45.6 Å². The molecule has 0 fully saturated rings. The van der Waals surface area contributed by atoms with E-state index in [1.54, 1.807) is 31.2 Å². The summed E-state index contributed by atoms with van der Waals surface area (Å²) in [5.41, 5.74) is 1.33. The summed E-state index contributed by atoms with van der Waals surface area (Å²) in [5, 5.41) is 0. The lowest BCUT2D eigenvalue weighted by Gasteiger charge is -2.05. The summed E-state index contributed by atoms with van der Waals surface area (Å²) in [4.78, 5) is 23.1. The molecule has 0 radical (unpaired) electrons. The first-order chi connectivity index (χ1) is 8.63. The van der Waals surface area contributed by atoms with Crippen LogP contribution in [-0.4, -0.2) is 17.1 Å². The highest BCUT2D eigenvalue weighted by Gasteiger charge is 2.13. The summed E-state index contributed by atoms with van der Waals surface area (Å²) in [6.45, 7) is 5.67. The maximum absolute atomic E-state index is 11.7. The third kappa shape index (κ3) is 2.20. The number of hydrogen-bond donors (Lipinski definition) is 0. The Labute approximate surface area is 103 Å². The number of rotatable bonds is 4. The van der Waals surface area contributed by atoms with Gasteiger partial charge in [0.05, 0.1) is 18.7 Å². The smallest absolute Gasteiger partial charge is 0.420 e. The molecular weight excluding hydrogens is 234 g/mol. The first-order valence-corrected chi connectivity index (χ1v) is 5.56. The number of para-hydroxylation sites is 2. The molecule has 2 aromatic rings. The Bertz CT molecular complexity index is 650. The number of ether oxygens (including phenoxy) is 1. The van der Waals surface area contributed by atoms with E-state index < -0.39 is 11.7 Å². The molecule has 94 valence electrons. The van der Waals surface area contributed by atoms with E-state index in [-0.39, 0.29) is 18.7 Å². The minimum absolute atomic E-state index is 0.0642. The average Bonchev–Trinajstić information content (AvgIpc) is 2.66. The number of aromatic nitrogens is 1. The molecule has 0 N–H and O–H groups in total. The molecule has 0 saturated carbocycles. The predicted molar refractivity (Wildman–Crippen MR) is 66.2 cm³/mol. The minimum atomic E-state index is -0.512. The zero-order valence-corrected chi connectivity index (χ0v) is 10.0. The zero-order chi connectivity index (χ0) is 13.1. The Hall–Kier alpha value is -2.30. The van der Waals surface area contributed by atoms with Gasteiger partial charge in [0.2, 0.25) is 0 Å². The molecule has 2 rings (SSSR count). The van der Waals surface area contributed by atoms with Crippen LogP contribution in [0.3, 0.4) is 0 Å². The van der Waals surface area contributed by atoms with E-state index in [4.69, 9.17) is 9.15 Å². The quantitative estimate of drug-likeness (QED) is 0.609. The van der Waals surface area contributed by atoms with Gasteiger partial charge in [0.25, 0.3) is 0 Å². The maximum Gasteiger partial charge on any atom is 0.420 e. The molecule has 0 aliphatic carbocycles. The fourth-order valence-corrected chi connectivity index (χ4v) is 1.65. The molecule has 1 aromatic heterocycles. The number of hydrogen-bond acceptors (Lipinski definition) is 4. The first-order valence-electron chi connectivity index (χ1n) is 5.56. The van der Waals surface area contributed by atoms with Crippen molar-refractivity contribution in [3.05, 3.63) is 47.0 Å². The maximum atomic E-state index is 11.7. The number of esters is 1. The summed E-state index contributed by atoms with van der Waals surface area (Å²) < 4.78 is 11.2. The highest BCUT2D eigenvalue weighted by atomic mass is 16.5. The molecule has 0 spiro atoms. The molecule has 0 amide bonds. The van der Waals surface area contributed by atoms with Crippen LogP contribution < -0.4 is 5.76 Å². The lowest BCUT2D eigenvalue weighted by atomic mass is 10.3. The number of fused-ring (bicyclic) bond motifs is 1. The van der Waals surface area contributed by atoms with E-state index in [0.717, 1.165) is 0 Å². The van der Waals surface area contributed by atoms with Crippen LogP contribution in [0.2, 0.25) is 0 Å². The monoisotopic (exact) mass is 247 g/mol. The van der Waals surface area contributed by atoms with Gasteiger partial charge < -0.3 is 9.15 Å². The van der Waals surface area contributed by atoms with Crippen molar-refractivity contribution in [2.24, 2.45) is 0 Å². The van der Waals surface area contributed by atoms with Gasteiger partial charge in [0.15, 0.2) is 5.58 Å². The topological polar surface area (TPSA) is 61.4 Å². The molecular formula is C13H13NO4. The minimum Gasteiger partial charge on any atom is -0.463 e. The zero-order valence-electron chi connectivity index (χ0n) is 10.0. The van der Waals surface area contributed by atoms with Crippen LogP contribution in [0, 0.1) is 0 Å². The predicted octanol–water partition coefficient (Wildman–Crippen LogP) is 1.71. The average molecular weight is 247 g/mol. The Balaban J connectivity index is 2.32. The fourth-order valence-electron chi connectivity index (χ4n) is 1.65. The SMILES string of the molecule is C=C(Cn1c(=O)oc2ccccc21)C(=O)OCC. The van der Waals surface area contributed by atoms with Gasteiger partial charge in [0, 0.05) is 5.57 Å². The normalized spacial score (nSPS) is 10.5. The highest BCUT2D eigenvalue weighted by Crippen LogP contribution is 2.13. The molecule has 5 heteroatoms. The summed E-state index contributed by atoms with van der Waals surface area (Å²) in [6.07, 6.45) is 0. The fraction of sp³-hybridized carbons (Fsp3) is 0.231. The second-order valence-corrected chi connectivity index (χ2v) is 3.75. The van der Waals surface area contributed by atoms with Gasteiger partial charge in [-0.1, -0.05) is 18.7 Å². The van der Waals surface area contributed by atoms with Gasteiger partial charge in [-0.2, -0.15) is 0 Å². The third-order valence-corrected chi connectivity index (χ3v) is 2.49. The van der Waals surface area contributed by atoms with E-state index in [9.17, 15) is 9.59 Å². The van der Waals surface area contributed by atoms with Crippen molar-refractivity contribution >= 4 is 17.1 Å². The Morgan fingerprint density at radius 1 is 1.44 bits per heavy atom. The third-order valence-electron chi connectivity index (χ3n) is 2.49. The van der Waals surface area contributed by atoms with E-state index in [1.807, 2.05) is 0 Å². The summed E-state index contributed by atoms with van der Waals surface area (Å²) in [6, 6.07) is 7.01. The van der Waals surface area contributed by atoms with E-state index >= 15 is 0 Å². The first kappa shape index (κ1) is 12.2. The molecule has 0 aliphatic heterocycles. The summed E-state index contributed by atoms with van der Waals surface area (Å²) in [5.74, 6) is -1.02. The Morgan fingerprint density at radius 3 is 2.89 bits per heavy atom. The highest BCUT2D eigenvalue weighted by molar-refractivity contribution is 5.88. The molecule has 1 heterocycles. The molecule has 5 nitrogen and oxygen atoms in total. The van der Waals surface area contributed by atoms with Crippen molar-refractivity contribution < 1.29 is 13.9 Å². The Kier molecular flexibility index (Phi) is 3.32. The van der Waals surface area contributed by atoms with Crippen molar-refractivity contribution in [2.45, 2.75) is 13.5 Å². The van der Waals surface area contributed by atoms with Crippen molar-refractivity contribution in [1.29, 1.82) is 0 Å². The van der Waals surface area contributed by atoms with E-state index in [0.29, 0.717) is 11.1 Å². The standard InChI is InChI=1S/C13H13NO4/c1-3-17-12(15)9(2)8-14-10-6-4-5-7-11(10)18-13(14)16/h4-7H,2-3,8H2,1H3. The largest absolute Gasteiger partial charge is 0.463 e. The number of benzene rings is 1. The number of nitrogens with zero attached hydrogens (tertiary/aromatic N) is 1. The lowest BCUT2D eigenvalue weighted by molar-refractivity contribution is -0.138. The molecule has 0 saturated heterocycles. The Morgan fingerprint density at radius 2 is 2.17 bits per heavy atom. The van der Waals surface area contributed by atoms with Gasteiger partial charge >= 0.3 is 11.7 Å². The van der Waals surface area contributed by atoms with Crippen molar-refractivity contribution in [3.63, 3.8) is 0 Å². The van der Waals surface area contributed by atoms with Crippen LogP contribution in [0.25, 0.3) is 11.1 Å². The second kappa shape index (κ2) is 4.91. The van der Waals surface area contributed by atoms with Crippen LogP contribution in [0.1, 0.15) is 6.92 Å². The van der Waals surface area contributed by atoms with E-state index in [2.05, 4.69) is 6.58 Å². The number of carbonyl (C=O) groups excluding carboxylic acids is 1. The van der Waals surface area contributed by atoms with Crippen molar-refractivity contribution in [2.75, 3.05) is 6.61 Å². The second-order valence-electron chi connectivity index (χ2n) is 3.75. The van der Waals surface area contributed by atoms with Gasteiger partial charge in [0.1, 0.15) is 0 Å².